The van der Waals surface area contributed by atoms with E-state index in [4.69, 9.17) is 0 Å². The van der Waals surface area contributed by atoms with E-state index in [1.165, 1.54) is 0 Å². The molecule has 3 nitrogen and oxygen atoms in total. The molecule has 1 aliphatic rings. The second-order valence-electron chi connectivity index (χ2n) is 2.47. The summed E-state index contributed by atoms with van der Waals surface area (Å²) in [5.74, 6) is 0. The third-order valence-corrected chi connectivity index (χ3v) is 2.53. The van der Waals surface area contributed by atoms with Crippen molar-refractivity contribution in [1.29, 1.82) is 0 Å². The van der Waals surface area contributed by atoms with Crippen molar-refractivity contribution < 1.29 is 4.79 Å². The summed E-state index contributed by atoms with van der Waals surface area (Å²) in [6.45, 7) is 1.78. The Balaban J connectivity index is 2.35. The molecule has 1 N–H and O–H groups in total. The van der Waals surface area contributed by atoms with Crippen molar-refractivity contribution in [3.8, 4) is 0 Å². The summed E-state index contributed by atoms with van der Waals surface area (Å²) >= 11 is 1.83. The molecule has 0 radical (unpaired) electrons. The highest BCUT2D eigenvalue weighted by molar-refractivity contribution is 14.1. The lowest BCUT2D eigenvalue weighted by molar-refractivity contribution is 0.235. The highest BCUT2D eigenvalue weighted by atomic mass is 127. The number of amides is 1. The first-order valence-electron chi connectivity index (χ1n) is 3.35. The molecule has 0 spiro atoms. The van der Waals surface area contributed by atoms with E-state index in [1.54, 1.807) is 0 Å². The van der Waals surface area contributed by atoms with Crippen molar-refractivity contribution >= 4 is 26.5 Å². The largest absolute Gasteiger partial charge is 0.333 e. The Hall–Kier alpha value is 0.160. The molecule has 0 aromatic rings. The number of nitrogens with zero attached hydrogens (tertiary/aromatic N) is 1. The predicted molar refractivity (Wildman–Crippen MR) is 48.5 cm³/mol. The number of hydrogen-bond donors (Lipinski definition) is 1. The fraction of sp³-hybridized carbons (Fsp3) is 0.833. The van der Waals surface area contributed by atoms with Crippen LogP contribution in [0.5, 0.6) is 0 Å². The zero-order valence-electron chi connectivity index (χ0n) is 5.93. The molecule has 1 aliphatic heterocycles. The van der Waals surface area contributed by atoms with Gasteiger partial charge in [-0.15, -0.1) is 0 Å². The van der Waals surface area contributed by atoms with E-state index in [9.17, 15) is 4.79 Å². The fourth-order valence-electron chi connectivity index (χ4n) is 1.16. The van der Waals surface area contributed by atoms with E-state index in [-0.39, 0.29) is 3.91 Å². The molecule has 0 unspecified atom stereocenters. The average molecular weight is 254 g/mol. The van der Waals surface area contributed by atoms with Crippen molar-refractivity contribution in [3.63, 3.8) is 0 Å². The normalized spacial score (nSPS) is 25.4. The molecule has 0 aromatic heterocycles. The van der Waals surface area contributed by atoms with Crippen LogP contribution in [0.3, 0.4) is 0 Å². The maximum Gasteiger partial charge on any atom is 0.283 e. The quantitative estimate of drug-likeness (QED) is 0.427. The molecular weight excluding hydrogens is 243 g/mol. The lowest BCUT2D eigenvalue weighted by atomic mass is 10.3. The number of halogens is 1. The van der Waals surface area contributed by atoms with Gasteiger partial charge in [-0.05, 0) is 13.5 Å². The summed E-state index contributed by atoms with van der Waals surface area (Å²) in [7, 11) is 1.94. The maximum atomic E-state index is 10.8. The lowest BCUT2D eigenvalue weighted by Crippen LogP contribution is -2.30. The molecule has 0 saturated carbocycles. The third kappa shape index (κ3) is 1.82. The fourth-order valence-corrected chi connectivity index (χ4v) is 1.59. The smallest absolute Gasteiger partial charge is 0.283 e. The SMILES string of the molecule is CN[C@H]1CCN(C(=O)I)C1. The number of nitrogens with one attached hydrogen (secondary N) is 1. The molecule has 1 rings (SSSR count). The van der Waals surface area contributed by atoms with Gasteiger partial charge >= 0.3 is 0 Å². The van der Waals surface area contributed by atoms with Gasteiger partial charge in [-0.3, -0.25) is 4.79 Å². The summed E-state index contributed by atoms with van der Waals surface area (Å²) < 4.78 is 0.162. The van der Waals surface area contributed by atoms with E-state index in [0.29, 0.717) is 6.04 Å². The molecule has 0 aliphatic carbocycles. The summed E-state index contributed by atoms with van der Waals surface area (Å²) in [6, 6.07) is 0.513. The van der Waals surface area contributed by atoms with Crippen LogP contribution in [0.2, 0.25) is 0 Å². The zero-order valence-corrected chi connectivity index (χ0v) is 8.09. The van der Waals surface area contributed by atoms with Gasteiger partial charge < -0.3 is 10.2 Å². The lowest BCUT2D eigenvalue weighted by Gasteiger charge is -2.11. The number of carbonyl (C=O) groups excluding carboxylic acids is 1. The molecule has 1 fully saturated rings. The monoisotopic (exact) mass is 254 g/mol. The maximum absolute atomic E-state index is 10.8. The molecule has 1 saturated heterocycles. The first kappa shape index (κ1) is 8.26. The van der Waals surface area contributed by atoms with Crippen molar-refractivity contribution in [3.05, 3.63) is 0 Å². The van der Waals surface area contributed by atoms with Crippen molar-refractivity contribution in [2.24, 2.45) is 0 Å². The van der Waals surface area contributed by atoms with Gasteiger partial charge in [-0.25, -0.2) is 0 Å². The van der Waals surface area contributed by atoms with Gasteiger partial charge in [0.25, 0.3) is 3.91 Å². The first-order chi connectivity index (χ1) is 4.74. The number of likely N-dealkylation sites (N-methyl/N-ethyl adjacent to an activating group) is 1. The molecule has 1 atom stereocenters. The van der Waals surface area contributed by atoms with Crippen LogP contribution in [0.15, 0.2) is 0 Å². The predicted octanol–water partition coefficient (Wildman–Crippen LogP) is 0.835. The Morgan fingerprint density at radius 2 is 2.50 bits per heavy atom. The van der Waals surface area contributed by atoms with Gasteiger partial charge in [0.2, 0.25) is 0 Å². The van der Waals surface area contributed by atoms with Crippen molar-refractivity contribution in [2.75, 3.05) is 20.1 Å². The highest BCUT2D eigenvalue weighted by Gasteiger charge is 2.22. The second-order valence-corrected chi connectivity index (χ2v) is 3.40. The van der Waals surface area contributed by atoms with Gasteiger partial charge in [0.05, 0.1) is 0 Å². The minimum atomic E-state index is 0.162. The van der Waals surface area contributed by atoms with Gasteiger partial charge in [0, 0.05) is 41.7 Å². The van der Waals surface area contributed by atoms with Gasteiger partial charge in [0.1, 0.15) is 0 Å². The Morgan fingerprint density at radius 1 is 1.80 bits per heavy atom. The molecule has 0 bridgehead atoms. The number of likely N-dealkylation sites (tertiary alicyclic amines) is 1. The van der Waals surface area contributed by atoms with Gasteiger partial charge in [0.15, 0.2) is 0 Å². The molecule has 0 aromatic carbocycles. The van der Waals surface area contributed by atoms with Crippen LogP contribution in [-0.4, -0.2) is 35.0 Å². The number of carbonyl (C=O) groups is 1. The van der Waals surface area contributed by atoms with Crippen molar-refractivity contribution in [1.82, 2.24) is 10.2 Å². The Morgan fingerprint density at radius 3 is 2.80 bits per heavy atom. The van der Waals surface area contributed by atoms with E-state index >= 15 is 0 Å². The van der Waals surface area contributed by atoms with E-state index in [2.05, 4.69) is 5.32 Å². The summed E-state index contributed by atoms with van der Waals surface area (Å²) in [6.07, 6.45) is 1.09. The average Bonchev–Trinajstić information content (AvgIpc) is 2.34. The molecular formula is C6H11IN2O. The van der Waals surface area contributed by atoms with E-state index < -0.39 is 0 Å². The van der Waals surface area contributed by atoms with Crippen molar-refractivity contribution in [2.45, 2.75) is 12.5 Å². The van der Waals surface area contributed by atoms with Gasteiger partial charge in [-0.2, -0.15) is 0 Å². The molecule has 4 heteroatoms. The summed E-state index contributed by atoms with van der Waals surface area (Å²) in [5.41, 5.74) is 0. The van der Waals surface area contributed by atoms with Gasteiger partial charge in [-0.1, -0.05) is 0 Å². The summed E-state index contributed by atoms with van der Waals surface area (Å²) in [4.78, 5) is 12.7. The van der Waals surface area contributed by atoms with Crippen LogP contribution >= 0.6 is 22.6 Å². The second kappa shape index (κ2) is 3.52. The van der Waals surface area contributed by atoms with E-state index in [1.807, 2.05) is 34.5 Å². The van der Waals surface area contributed by atoms with Crippen LogP contribution < -0.4 is 5.32 Å². The molecule has 58 valence electrons. The number of hydrogen-bond acceptors (Lipinski definition) is 2. The Labute approximate surface area is 74.3 Å². The first-order valence-corrected chi connectivity index (χ1v) is 4.43. The molecule has 10 heavy (non-hydrogen) atoms. The van der Waals surface area contributed by atoms with Crippen LogP contribution in [0.25, 0.3) is 0 Å². The standard InChI is InChI=1S/C6H11IN2O/c1-8-5-2-3-9(4-5)6(7)10/h5,8H,2-4H2,1H3/t5-/m0/s1. The van der Waals surface area contributed by atoms with Crippen LogP contribution in [0, 0.1) is 0 Å². The topological polar surface area (TPSA) is 32.3 Å². The summed E-state index contributed by atoms with van der Waals surface area (Å²) in [5, 5.41) is 3.15. The minimum absolute atomic E-state index is 0.162. The third-order valence-electron chi connectivity index (χ3n) is 1.85. The minimum Gasteiger partial charge on any atom is -0.333 e. The highest BCUT2D eigenvalue weighted by Crippen LogP contribution is 2.11. The molecule has 1 heterocycles. The molecule has 1 amide bonds. The van der Waals surface area contributed by atoms with Crippen LogP contribution in [0.1, 0.15) is 6.42 Å². The van der Waals surface area contributed by atoms with Crippen LogP contribution in [-0.2, 0) is 0 Å². The van der Waals surface area contributed by atoms with Crippen LogP contribution in [0.4, 0.5) is 4.79 Å². The number of rotatable bonds is 1. The Bertz CT molecular complexity index is 140. The Kier molecular flexibility index (Phi) is 2.91. The van der Waals surface area contributed by atoms with E-state index in [0.717, 1.165) is 19.5 Å². The zero-order chi connectivity index (χ0) is 7.56.